The third-order valence-electron chi connectivity index (χ3n) is 4.77. The van der Waals surface area contributed by atoms with E-state index >= 15 is 4.39 Å². The van der Waals surface area contributed by atoms with Gasteiger partial charge in [-0.2, -0.15) is 0 Å². The van der Waals surface area contributed by atoms with Crippen LogP contribution in [0.3, 0.4) is 0 Å². The predicted molar refractivity (Wildman–Crippen MR) is 108 cm³/mol. The van der Waals surface area contributed by atoms with E-state index in [0.29, 0.717) is 27.4 Å². The van der Waals surface area contributed by atoms with E-state index in [2.05, 4.69) is 4.98 Å². The Kier molecular flexibility index (Phi) is 2.81. The Balaban J connectivity index is 2.05. The molecular weight excluding hydrogens is 340 g/mol. The molecule has 0 saturated carbocycles. The number of pyridine rings is 1. The summed E-state index contributed by atoms with van der Waals surface area (Å²) in [5, 5.41) is 1.68. The molecule has 3 aromatic carbocycles. The van der Waals surface area contributed by atoms with E-state index in [1.165, 1.54) is 24.4 Å². The van der Waals surface area contributed by atoms with Gasteiger partial charge in [-0.1, -0.05) is 43.2 Å². The Morgan fingerprint density at radius 3 is 2.22 bits per heavy atom. The van der Waals surface area contributed by atoms with Crippen LogP contribution < -0.4 is 0 Å². The lowest BCUT2D eigenvalue weighted by Gasteiger charge is -2.14. The first-order valence-electron chi connectivity index (χ1n) is 11.6. The molecule has 4 rings (SSSR count). The van der Waals surface area contributed by atoms with Gasteiger partial charge in [0.2, 0.25) is 0 Å². The lowest BCUT2D eigenvalue weighted by Crippen LogP contribution is -2.00. The van der Waals surface area contributed by atoms with Gasteiger partial charge in [0, 0.05) is 36.3 Å². The second-order valence-corrected chi connectivity index (χ2v) is 6.96. The number of halogens is 2. The van der Waals surface area contributed by atoms with Crippen molar-refractivity contribution in [1.82, 2.24) is 4.98 Å². The molecule has 27 heavy (non-hydrogen) atoms. The minimum atomic E-state index is -2.52. The van der Waals surface area contributed by atoms with Crippen molar-refractivity contribution in [3.8, 4) is 11.3 Å². The van der Waals surface area contributed by atoms with Crippen molar-refractivity contribution >= 4 is 21.5 Å². The Bertz CT molecular complexity index is 1360. The summed E-state index contributed by atoms with van der Waals surface area (Å²) in [5.41, 5.74) is 0.414. The van der Waals surface area contributed by atoms with Gasteiger partial charge in [0.1, 0.15) is 11.6 Å². The fourth-order valence-corrected chi connectivity index (χ4v) is 3.60. The number of hydrogen-bond acceptors (Lipinski definition) is 1. The highest BCUT2D eigenvalue weighted by molar-refractivity contribution is 6.11. The Labute approximate surface area is 166 Å². The molecule has 0 saturated heterocycles. The molecule has 3 heteroatoms. The second-order valence-electron chi connectivity index (χ2n) is 6.96. The first kappa shape index (κ1) is 11.8. The molecule has 0 amide bonds. The van der Waals surface area contributed by atoms with E-state index in [9.17, 15) is 4.39 Å². The van der Waals surface area contributed by atoms with Gasteiger partial charge >= 0.3 is 0 Å². The first-order chi connectivity index (χ1) is 15.3. The van der Waals surface area contributed by atoms with Crippen LogP contribution in [0.1, 0.15) is 44.7 Å². The molecule has 0 unspecified atom stereocenters. The monoisotopic (exact) mass is 367 g/mol. The maximum Gasteiger partial charge on any atom is 0.137 e. The van der Waals surface area contributed by atoms with Crippen molar-refractivity contribution in [1.29, 1.82) is 0 Å². The smallest absolute Gasteiger partial charge is 0.137 e. The number of fused-ring (bicyclic) bond motifs is 3. The average molecular weight is 367 g/mol. The van der Waals surface area contributed by atoms with Crippen LogP contribution >= 0.6 is 0 Å². The maximum atomic E-state index is 15.1. The zero-order valence-corrected chi connectivity index (χ0v) is 14.9. The summed E-state index contributed by atoms with van der Waals surface area (Å²) < 4.78 is 76.4. The summed E-state index contributed by atoms with van der Waals surface area (Å²) >= 11 is 0. The molecule has 0 spiro atoms. The van der Waals surface area contributed by atoms with E-state index < -0.39 is 25.3 Å². The quantitative estimate of drug-likeness (QED) is 0.345. The Hall–Kier alpha value is -2.81. The zero-order valence-electron chi connectivity index (χ0n) is 20.9. The molecule has 0 fully saturated rings. The lowest BCUT2D eigenvalue weighted by atomic mass is 9.93. The van der Waals surface area contributed by atoms with Crippen molar-refractivity contribution in [3.05, 3.63) is 77.0 Å². The molecule has 0 aliphatic rings. The number of nitrogens with zero attached hydrogens (tertiary/aromatic N) is 1. The first-order valence-corrected chi connectivity index (χ1v) is 8.65. The van der Waals surface area contributed by atoms with Gasteiger partial charge in [0.25, 0.3) is 0 Å². The van der Waals surface area contributed by atoms with Crippen molar-refractivity contribution in [2.24, 2.45) is 0 Å². The van der Waals surface area contributed by atoms with Crippen molar-refractivity contribution in [3.63, 3.8) is 0 Å². The topological polar surface area (TPSA) is 12.9 Å². The molecular formula is C24H21F2N. The van der Waals surface area contributed by atoms with Crippen molar-refractivity contribution in [2.75, 3.05) is 0 Å². The van der Waals surface area contributed by atoms with E-state index in [1.807, 2.05) is 0 Å². The van der Waals surface area contributed by atoms with Gasteiger partial charge in [-0.3, -0.25) is 4.98 Å². The summed E-state index contributed by atoms with van der Waals surface area (Å²) in [5.74, 6) is -1.59. The average Bonchev–Trinajstić information content (AvgIpc) is 2.71. The standard InChI is InChI=1S/C24H21F2N/c1-13(2)22-21(25)12-20-17-7-8-27-24(16-10-14(3)9-15(4)11-16)19(17)6-5-18(20)23(22)26/h5-13H,1-4H3/i3D3,4D3. The van der Waals surface area contributed by atoms with Gasteiger partial charge in [-0.05, 0) is 54.7 Å². The number of aryl methyl sites for hydroxylation is 2. The van der Waals surface area contributed by atoms with Gasteiger partial charge in [0.15, 0.2) is 0 Å². The summed E-state index contributed by atoms with van der Waals surface area (Å²) in [4.78, 5) is 4.37. The minimum absolute atomic E-state index is 0.0174. The number of aromatic nitrogens is 1. The van der Waals surface area contributed by atoms with Crippen LogP contribution in [0.4, 0.5) is 8.78 Å². The lowest BCUT2D eigenvalue weighted by molar-refractivity contribution is 0.550. The zero-order chi connectivity index (χ0) is 24.3. The van der Waals surface area contributed by atoms with Crippen LogP contribution in [0.15, 0.2) is 48.7 Å². The molecule has 0 N–H and O–H groups in total. The van der Waals surface area contributed by atoms with Gasteiger partial charge in [-0.25, -0.2) is 8.78 Å². The summed E-state index contributed by atoms with van der Waals surface area (Å²) in [6.07, 6.45) is 1.46. The summed E-state index contributed by atoms with van der Waals surface area (Å²) in [6, 6.07) is 10.0. The van der Waals surface area contributed by atoms with E-state index in [0.717, 1.165) is 6.07 Å². The molecule has 0 aliphatic carbocycles. The number of rotatable bonds is 2. The van der Waals surface area contributed by atoms with Crippen LogP contribution in [-0.4, -0.2) is 4.98 Å². The number of benzene rings is 3. The van der Waals surface area contributed by atoms with Gasteiger partial charge < -0.3 is 0 Å². The van der Waals surface area contributed by atoms with E-state index in [-0.39, 0.29) is 28.0 Å². The van der Waals surface area contributed by atoms with E-state index in [4.69, 9.17) is 8.22 Å². The summed E-state index contributed by atoms with van der Waals surface area (Å²) in [7, 11) is 0. The Morgan fingerprint density at radius 1 is 0.852 bits per heavy atom. The Morgan fingerprint density at radius 2 is 1.56 bits per heavy atom. The van der Waals surface area contributed by atoms with Crippen LogP contribution in [0.25, 0.3) is 32.8 Å². The molecule has 0 bridgehead atoms. The SMILES string of the molecule is [2H]C([2H])([2H])c1cc(-c2nccc3c2ccc2c(F)c(C(C)C)c(F)cc23)cc(C([2H])([2H])[2H])c1. The van der Waals surface area contributed by atoms with Gasteiger partial charge in [0.05, 0.1) is 5.69 Å². The van der Waals surface area contributed by atoms with Crippen molar-refractivity contribution in [2.45, 2.75) is 33.5 Å². The molecule has 1 nitrogen and oxygen atoms in total. The van der Waals surface area contributed by atoms with Crippen molar-refractivity contribution < 1.29 is 17.0 Å². The molecule has 4 aromatic rings. The van der Waals surface area contributed by atoms with E-state index in [1.54, 1.807) is 32.0 Å². The van der Waals surface area contributed by atoms with Crippen LogP contribution in [-0.2, 0) is 0 Å². The minimum Gasteiger partial charge on any atom is -0.256 e. The highest BCUT2D eigenvalue weighted by Crippen LogP contribution is 2.36. The highest BCUT2D eigenvalue weighted by Gasteiger charge is 2.18. The third-order valence-corrected chi connectivity index (χ3v) is 4.77. The summed E-state index contributed by atoms with van der Waals surface area (Å²) in [6.45, 7) is -1.60. The maximum absolute atomic E-state index is 15.1. The fraction of sp³-hybridized carbons (Fsp3) is 0.208. The predicted octanol–water partition coefficient (Wildman–Crippen LogP) is 7.07. The normalized spacial score (nSPS) is 15.9. The third kappa shape index (κ3) is 2.87. The molecule has 136 valence electrons. The molecule has 0 aliphatic heterocycles. The highest BCUT2D eigenvalue weighted by atomic mass is 19.1. The van der Waals surface area contributed by atoms with Gasteiger partial charge in [-0.15, -0.1) is 0 Å². The van der Waals surface area contributed by atoms with Crippen LogP contribution in [0.5, 0.6) is 0 Å². The van der Waals surface area contributed by atoms with Crippen LogP contribution in [0.2, 0.25) is 0 Å². The molecule has 0 radical (unpaired) electrons. The van der Waals surface area contributed by atoms with Crippen LogP contribution in [0, 0.1) is 25.3 Å². The molecule has 1 heterocycles. The second kappa shape index (κ2) is 6.41. The molecule has 1 aromatic heterocycles. The number of hydrogen-bond donors (Lipinski definition) is 0. The molecule has 0 atom stereocenters. The largest absolute Gasteiger partial charge is 0.256 e. The fourth-order valence-electron chi connectivity index (χ4n) is 3.60.